The Kier molecular flexibility index (Phi) is 5.54. The van der Waals surface area contributed by atoms with E-state index < -0.39 is 0 Å². The Balaban J connectivity index is 1.81. The third-order valence-corrected chi connectivity index (χ3v) is 4.07. The lowest BCUT2D eigenvalue weighted by atomic mass is 10.0. The minimum absolute atomic E-state index is 0.0668. The van der Waals surface area contributed by atoms with E-state index in [1.54, 1.807) is 0 Å². The van der Waals surface area contributed by atoms with Crippen LogP contribution in [0.1, 0.15) is 11.5 Å². The second kappa shape index (κ2) is 7.39. The minimum Gasteiger partial charge on any atom is -0.313 e. The Hall–Kier alpha value is -1.41. The van der Waals surface area contributed by atoms with Gasteiger partial charge in [0.15, 0.2) is 0 Å². The lowest BCUT2D eigenvalue weighted by Crippen LogP contribution is -2.54. The molecule has 0 aromatic heterocycles. The number of benzene rings is 1. The highest BCUT2D eigenvalue weighted by atomic mass is 15.3. The maximum absolute atomic E-state index is 9.30. The first-order valence-corrected chi connectivity index (χ1v) is 7.24. The first-order valence-electron chi connectivity index (χ1n) is 7.24. The molecule has 0 aliphatic carbocycles. The average Bonchev–Trinajstić information content (AvgIpc) is 2.48. The summed E-state index contributed by atoms with van der Waals surface area (Å²) in [7, 11) is 4.35. The second-order valence-corrected chi connectivity index (χ2v) is 5.65. The standard InChI is InChI=1S/C16H24N4/c1-19-8-9-20(2)16(13-19)12-18-11-15(10-17)14-6-4-3-5-7-14/h3-7,15-16,18H,8-9,11-13H2,1-2H3. The molecule has 1 aromatic rings. The Labute approximate surface area is 122 Å². The Morgan fingerprint density at radius 2 is 2.05 bits per heavy atom. The van der Waals surface area contributed by atoms with Crippen LogP contribution in [0.3, 0.4) is 0 Å². The van der Waals surface area contributed by atoms with Crippen molar-refractivity contribution in [3.05, 3.63) is 35.9 Å². The van der Waals surface area contributed by atoms with E-state index in [9.17, 15) is 5.26 Å². The highest BCUT2D eigenvalue weighted by Crippen LogP contribution is 2.13. The van der Waals surface area contributed by atoms with Gasteiger partial charge in [-0.3, -0.25) is 4.90 Å². The van der Waals surface area contributed by atoms with E-state index in [1.165, 1.54) is 0 Å². The molecule has 2 atom stereocenters. The number of piperazine rings is 1. The van der Waals surface area contributed by atoms with E-state index in [1.807, 2.05) is 30.3 Å². The smallest absolute Gasteiger partial charge is 0.0837 e. The molecule has 1 saturated heterocycles. The Bertz CT molecular complexity index is 440. The number of hydrogen-bond donors (Lipinski definition) is 1. The van der Waals surface area contributed by atoms with Crippen LogP contribution in [0.5, 0.6) is 0 Å². The molecular weight excluding hydrogens is 248 g/mol. The largest absolute Gasteiger partial charge is 0.313 e. The molecule has 1 aliphatic rings. The zero-order valence-corrected chi connectivity index (χ0v) is 12.4. The van der Waals surface area contributed by atoms with Crippen molar-refractivity contribution in [3.63, 3.8) is 0 Å². The Morgan fingerprint density at radius 3 is 2.75 bits per heavy atom. The molecule has 1 heterocycles. The summed E-state index contributed by atoms with van der Waals surface area (Å²) in [4.78, 5) is 4.77. The van der Waals surface area contributed by atoms with Gasteiger partial charge in [-0.2, -0.15) is 5.26 Å². The van der Waals surface area contributed by atoms with Crippen LogP contribution in [0, 0.1) is 11.3 Å². The van der Waals surface area contributed by atoms with E-state index in [-0.39, 0.29) is 5.92 Å². The average molecular weight is 272 g/mol. The molecule has 1 aromatic carbocycles. The molecule has 0 spiro atoms. The van der Waals surface area contributed by atoms with Gasteiger partial charge in [0.2, 0.25) is 0 Å². The van der Waals surface area contributed by atoms with Crippen molar-refractivity contribution < 1.29 is 0 Å². The van der Waals surface area contributed by atoms with E-state index in [0.29, 0.717) is 12.6 Å². The predicted octanol–water partition coefficient (Wildman–Crippen LogP) is 1.13. The molecule has 0 saturated carbocycles. The third kappa shape index (κ3) is 4.04. The summed E-state index contributed by atoms with van der Waals surface area (Å²) < 4.78 is 0. The van der Waals surface area contributed by atoms with Gasteiger partial charge in [0.1, 0.15) is 0 Å². The van der Waals surface area contributed by atoms with Crippen LogP contribution in [0.15, 0.2) is 30.3 Å². The predicted molar refractivity (Wildman–Crippen MR) is 81.6 cm³/mol. The molecular formula is C16H24N4. The van der Waals surface area contributed by atoms with Crippen LogP contribution in [0.25, 0.3) is 0 Å². The van der Waals surface area contributed by atoms with Crippen LogP contribution >= 0.6 is 0 Å². The van der Waals surface area contributed by atoms with E-state index >= 15 is 0 Å². The van der Waals surface area contributed by atoms with Gasteiger partial charge in [-0.25, -0.2) is 0 Å². The molecule has 1 fully saturated rings. The van der Waals surface area contributed by atoms with Gasteiger partial charge in [-0.05, 0) is 19.7 Å². The minimum atomic E-state index is -0.0668. The van der Waals surface area contributed by atoms with Crippen LogP contribution in [-0.2, 0) is 0 Å². The number of hydrogen-bond acceptors (Lipinski definition) is 4. The number of nitriles is 1. The fourth-order valence-corrected chi connectivity index (χ4v) is 2.64. The summed E-state index contributed by atoms with van der Waals surface area (Å²) in [6, 6.07) is 12.9. The summed E-state index contributed by atoms with van der Waals surface area (Å²) in [5.74, 6) is -0.0668. The summed E-state index contributed by atoms with van der Waals surface area (Å²) in [6.07, 6.45) is 0. The van der Waals surface area contributed by atoms with Crippen molar-refractivity contribution in [2.75, 3.05) is 46.8 Å². The van der Waals surface area contributed by atoms with Gasteiger partial charge >= 0.3 is 0 Å². The summed E-state index contributed by atoms with van der Waals surface area (Å²) in [6.45, 7) is 4.99. The van der Waals surface area contributed by atoms with Gasteiger partial charge in [-0.15, -0.1) is 0 Å². The molecule has 4 heteroatoms. The number of nitrogens with one attached hydrogen (secondary N) is 1. The molecule has 20 heavy (non-hydrogen) atoms. The fraction of sp³-hybridized carbons (Fsp3) is 0.562. The van der Waals surface area contributed by atoms with Crippen molar-refractivity contribution in [2.45, 2.75) is 12.0 Å². The van der Waals surface area contributed by atoms with Crippen molar-refractivity contribution in [2.24, 2.45) is 0 Å². The first-order chi connectivity index (χ1) is 9.70. The Morgan fingerprint density at radius 1 is 1.30 bits per heavy atom. The summed E-state index contributed by atoms with van der Waals surface area (Å²) in [5.41, 5.74) is 1.09. The number of nitrogens with zero attached hydrogens (tertiary/aromatic N) is 3. The van der Waals surface area contributed by atoms with Gasteiger partial charge in [0.25, 0.3) is 0 Å². The lowest BCUT2D eigenvalue weighted by molar-refractivity contribution is 0.113. The van der Waals surface area contributed by atoms with Gasteiger partial charge in [-0.1, -0.05) is 30.3 Å². The number of likely N-dealkylation sites (N-methyl/N-ethyl adjacent to an activating group) is 2. The highest BCUT2D eigenvalue weighted by Gasteiger charge is 2.22. The maximum Gasteiger partial charge on any atom is 0.0837 e. The number of rotatable bonds is 5. The highest BCUT2D eigenvalue weighted by molar-refractivity contribution is 5.25. The molecule has 0 amide bonds. The SMILES string of the molecule is CN1CCN(C)C(CNCC(C#N)c2ccccc2)C1. The summed E-state index contributed by atoms with van der Waals surface area (Å²) >= 11 is 0. The molecule has 1 aliphatic heterocycles. The van der Waals surface area contributed by atoms with Gasteiger partial charge in [0, 0.05) is 38.8 Å². The van der Waals surface area contributed by atoms with E-state index in [0.717, 1.165) is 31.7 Å². The first kappa shape index (κ1) is 15.0. The zero-order valence-electron chi connectivity index (χ0n) is 12.4. The quantitative estimate of drug-likeness (QED) is 0.872. The van der Waals surface area contributed by atoms with Crippen LogP contribution in [0.2, 0.25) is 0 Å². The van der Waals surface area contributed by atoms with Crippen molar-refractivity contribution in [3.8, 4) is 6.07 Å². The van der Waals surface area contributed by atoms with Crippen molar-refractivity contribution in [1.29, 1.82) is 5.26 Å². The molecule has 0 bridgehead atoms. The van der Waals surface area contributed by atoms with Gasteiger partial charge in [0.05, 0.1) is 12.0 Å². The molecule has 4 nitrogen and oxygen atoms in total. The summed E-state index contributed by atoms with van der Waals surface area (Å²) in [5, 5.41) is 12.8. The second-order valence-electron chi connectivity index (χ2n) is 5.65. The third-order valence-electron chi connectivity index (χ3n) is 4.07. The molecule has 1 N–H and O–H groups in total. The zero-order chi connectivity index (χ0) is 14.4. The topological polar surface area (TPSA) is 42.3 Å². The van der Waals surface area contributed by atoms with Crippen molar-refractivity contribution >= 4 is 0 Å². The van der Waals surface area contributed by atoms with E-state index in [4.69, 9.17) is 0 Å². The maximum atomic E-state index is 9.30. The van der Waals surface area contributed by atoms with Crippen LogP contribution in [0.4, 0.5) is 0 Å². The van der Waals surface area contributed by atoms with Crippen LogP contribution in [-0.4, -0.2) is 62.7 Å². The molecule has 2 rings (SSSR count). The molecule has 0 radical (unpaired) electrons. The van der Waals surface area contributed by atoms with Crippen LogP contribution < -0.4 is 5.32 Å². The van der Waals surface area contributed by atoms with Crippen molar-refractivity contribution in [1.82, 2.24) is 15.1 Å². The lowest BCUT2D eigenvalue weighted by Gasteiger charge is -2.37. The van der Waals surface area contributed by atoms with Gasteiger partial charge < -0.3 is 10.2 Å². The normalized spacial score (nSPS) is 22.4. The fourth-order valence-electron chi connectivity index (χ4n) is 2.64. The molecule has 108 valence electrons. The monoisotopic (exact) mass is 272 g/mol. The molecule has 2 unspecified atom stereocenters. The van der Waals surface area contributed by atoms with E-state index in [2.05, 4.69) is 35.3 Å².